The number of fused-ring (bicyclic) bond motifs is 5. The molecule has 4 aliphatic carbocycles. The number of nitrogens with zero attached hydrogens (tertiary/aromatic N) is 1. The van der Waals surface area contributed by atoms with Crippen LogP contribution in [0.5, 0.6) is 0 Å². The maximum atomic E-state index is 13.3. The van der Waals surface area contributed by atoms with Gasteiger partial charge in [0.15, 0.2) is 0 Å². The fourth-order valence-electron chi connectivity index (χ4n) is 8.44. The number of pyridine rings is 1. The molecular formula is C26H37NO. The van der Waals surface area contributed by atoms with E-state index in [9.17, 15) is 4.79 Å². The van der Waals surface area contributed by atoms with Gasteiger partial charge < -0.3 is 0 Å². The van der Waals surface area contributed by atoms with Crippen molar-refractivity contribution in [2.24, 2.45) is 46.8 Å². The van der Waals surface area contributed by atoms with Crippen LogP contribution in [-0.4, -0.2) is 10.8 Å². The van der Waals surface area contributed by atoms with Crippen LogP contribution in [0.15, 0.2) is 24.5 Å². The topological polar surface area (TPSA) is 30.0 Å². The fourth-order valence-corrected chi connectivity index (χ4v) is 8.44. The average molecular weight is 380 g/mol. The van der Waals surface area contributed by atoms with Gasteiger partial charge >= 0.3 is 0 Å². The molecule has 0 aromatic carbocycles. The van der Waals surface area contributed by atoms with Gasteiger partial charge in [-0.05, 0) is 104 Å². The molecule has 5 rings (SSSR count). The highest BCUT2D eigenvalue weighted by Gasteiger charge is 2.58. The van der Waals surface area contributed by atoms with Crippen molar-refractivity contribution in [3.8, 4) is 0 Å². The zero-order valence-corrected chi connectivity index (χ0v) is 17.8. The van der Waals surface area contributed by atoms with Crippen LogP contribution in [0.25, 0.3) is 0 Å². The number of ketones is 1. The summed E-state index contributed by atoms with van der Waals surface area (Å²) < 4.78 is 0. The first-order valence-corrected chi connectivity index (χ1v) is 12.0. The van der Waals surface area contributed by atoms with E-state index in [1.165, 1.54) is 51.4 Å². The minimum Gasteiger partial charge on any atom is -0.299 e. The molecule has 2 nitrogen and oxygen atoms in total. The number of aromatic nitrogens is 1. The van der Waals surface area contributed by atoms with E-state index in [1.807, 2.05) is 12.3 Å². The van der Waals surface area contributed by atoms with Crippen molar-refractivity contribution in [2.45, 2.75) is 78.1 Å². The van der Waals surface area contributed by atoms with E-state index in [1.54, 1.807) is 6.20 Å². The summed E-state index contributed by atoms with van der Waals surface area (Å²) in [7, 11) is 0. The predicted molar refractivity (Wildman–Crippen MR) is 113 cm³/mol. The standard InChI is InChI=1S/C26H37NO/c1-17-5-7-20-19(14-17)6-8-22-21(20)11-12-26(2)23(22)9-10-24(26)25(28)15-18-4-3-13-27-16-18/h3-4,13,16-17,19-24H,5-12,14-15H2,1-2H3. The molecule has 2 heteroatoms. The normalized spacial score (nSPS) is 45.0. The molecule has 0 bridgehead atoms. The number of Topliss-reactive ketones (excluding diaryl/α,β-unsaturated/α-hetero) is 1. The first-order valence-electron chi connectivity index (χ1n) is 12.0. The van der Waals surface area contributed by atoms with Gasteiger partial charge in [0.2, 0.25) is 0 Å². The van der Waals surface area contributed by atoms with Crippen LogP contribution in [0.2, 0.25) is 0 Å². The van der Waals surface area contributed by atoms with Crippen molar-refractivity contribution in [3.63, 3.8) is 0 Å². The summed E-state index contributed by atoms with van der Waals surface area (Å²) in [6.07, 6.45) is 16.7. The van der Waals surface area contributed by atoms with Gasteiger partial charge in [-0.1, -0.05) is 26.3 Å². The Morgan fingerprint density at radius 2 is 1.93 bits per heavy atom. The number of carbonyl (C=O) groups excluding carboxylic acids is 1. The minimum atomic E-state index is 0.259. The molecule has 1 aromatic heterocycles. The molecule has 0 spiro atoms. The molecular weight excluding hydrogens is 342 g/mol. The van der Waals surface area contributed by atoms with Gasteiger partial charge in [-0.15, -0.1) is 0 Å². The number of rotatable bonds is 3. The molecule has 28 heavy (non-hydrogen) atoms. The lowest BCUT2D eigenvalue weighted by Crippen LogP contribution is -2.49. The third-order valence-corrected chi connectivity index (χ3v) is 9.71. The third kappa shape index (κ3) is 3.06. The van der Waals surface area contributed by atoms with Crippen molar-refractivity contribution >= 4 is 5.78 Å². The summed E-state index contributed by atoms with van der Waals surface area (Å²) in [6.45, 7) is 4.96. The smallest absolute Gasteiger partial charge is 0.140 e. The summed E-state index contributed by atoms with van der Waals surface area (Å²) in [6, 6.07) is 4.01. The second-order valence-electron chi connectivity index (χ2n) is 11.0. The SMILES string of the molecule is CC1CCC2C(CCC3C2CCC2(C)C(C(=O)Cc4cccnc4)CCC32)C1. The number of hydrogen-bond acceptors (Lipinski definition) is 2. The molecule has 8 atom stereocenters. The zero-order chi connectivity index (χ0) is 19.3. The van der Waals surface area contributed by atoms with Crippen molar-refractivity contribution < 1.29 is 4.79 Å². The summed E-state index contributed by atoms with van der Waals surface area (Å²) in [4.78, 5) is 17.5. The molecule has 4 fully saturated rings. The Morgan fingerprint density at radius 1 is 1.07 bits per heavy atom. The Kier molecular flexibility index (Phi) is 4.88. The molecule has 0 saturated heterocycles. The first kappa shape index (κ1) is 18.8. The van der Waals surface area contributed by atoms with Gasteiger partial charge in [0.05, 0.1) is 0 Å². The molecule has 4 saturated carbocycles. The Bertz CT molecular complexity index is 714. The van der Waals surface area contributed by atoms with Crippen LogP contribution in [0.4, 0.5) is 0 Å². The van der Waals surface area contributed by atoms with Crippen molar-refractivity contribution in [1.29, 1.82) is 0 Å². The molecule has 1 aromatic rings. The lowest BCUT2D eigenvalue weighted by molar-refractivity contribution is -0.129. The first-order chi connectivity index (χ1) is 13.6. The summed E-state index contributed by atoms with van der Waals surface area (Å²) >= 11 is 0. The minimum absolute atomic E-state index is 0.259. The number of carbonyl (C=O) groups is 1. The maximum Gasteiger partial charge on any atom is 0.140 e. The van der Waals surface area contributed by atoms with E-state index < -0.39 is 0 Å². The molecule has 152 valence electrons. The Morgan fingerprint density at radius 3 is 2.75 bits per heavy atom. The second kappa shape index (κ2) is 7.26. The number of hydrogen-bond donors (Lipinski definition) is 0. The highest BCUT2D eigenvalue weighted by Crippen LogP contribution is 2.64. The van der Waals surface area contributed by atoms with E-state index in [0.29, 0.717) is 12.2 Å². The van der Waals surface area contributed by atoms with Gasteiger partial charge in [0.25, 0.3) is 0 Å². The van der Waals surface area contributed by atoms with Gasteiger partial charge in [0.1, 0.15) is 5.78 Å². The summed E-state index contributed by atoms with van der Waals surface area (Å²) in [5.41, 5.74) is 1.35. The van der Waals surface area contributed by atoms with Crippen LogP contribution >= 0.6 is 0 Å². The van der Waals surface area contributed by atoms with E-state index in [4.69, 9.17) is 0 Å². The monoisotopic (exact) mass is 379 g/mol. The Hall–Kier alpha value is -1.18. The zero-order valence-electron chi connectivity index (χ0n) is 17.8. The second-order valence-corrected chi connectivity index (χ2v) is 11.0. The predicted octanol–water partition coefficient (Wildman–Crippen LogP) is 6.10. The quantitative estimate of drug-likeness (QED) is 0.635. The van der Waals surface area contributed by atoms with E-state index >= 15 is 0 Å². The van der Waals surface area contributed by atoms with Crippen molar-refractivity contribution in [2.75, 3.05) is 0 Å². The van der Waals surface area contributed by atoms with Crippen LogP contribution < -0.4 is 0 Å². The molecule has 0 N–H and O–H groups in total. The van der Waals surface area contributed by atoms with E-state index in [-0.39, 0.29) is 11.3 Å². The molecule has 8 unspecified atom stereocenters. The van der Waals surface area contributed by atoms with Gasteiger partial charge in [-0.2, -0.15) is 0 Å². The Labute approximate surface area is 170 Å². The Balaban J connectivity index is 1.32. The lowest BCUT2D eigenvalue weighted by Gasteiger charge is -2.56. The van der Waals surface area contributed by atoms with Gasteiger partial charge in [-0.25, -0.2) is 0 Å². The third-order valence-electron chi connectivity index (χ3n) is 9.71. The molecule has 0 amide bonds. The van der Waals surface area contributed by atoms with Crippen LogP contribution in [-0.2, 0) is 11.2 Å². The van der Waals surface area contributed by atoms with Crippen LogP contribution in [0.1, 0.15) is 77.2 Å². The average Bonchev–Trinajstić information content (AvgIpc) is 3.05. The van der Waals surface area contributed by atoms with Crippen molar-refractivity contribution in [1.82, 2.24) is 4.98 Å². The summed E-state index contributed by atoms with van der Waals surface area (Å²) in [5, 5.41) is 0. The van der Waals surface area contributed by atoms with Crippen LogP contribution in [0, 0.1) is 46.8 Å². The van der Waals surface area contributed by atoms with Crippen molar-refractivity contribution in [3.05, 3.63) is 30.1 Å². The highest BCUT2D eigenvalue weighted by molar-refractivity contribution is 5.84. The van der Waals surface area contributed by atoms with Gasteiger partial charge in [0, 0.05) is 24.7 Å². The van der Waals surface area contributed by atoms with E-state index in [2.05, 4.69) is 24.9 Å². The maximum absolute atomic E-state index is 13.3. The van der Waals surface area contributed by atoms with Gasteiger partial charge in [-0.3, -0.25) is 9.78 Å². The lowest BCUT2D eigenvalue weighted by atomic mass is 9.49. The summed E-state index contributed by atoms with van der Waals surface area (Å²) in [5.74, 6) is 6.41. The molecule has 0 aliphatic heterocycles. The van der Waals surface area contributed by atoms with Crippen LogP contribution in [0.3, 0.4) is 0 Å². The van der Waals surface area contributed by atoms with E-state index in [0.717, 1.165) is 47.5 Å². The fraction of sp³-hybridized carbons (Fsp3) is 0.769. The molecule has 0 radical (unpaired) electrons. The largest absolute Gasteiger partial charge is 0.299 e. The highest BCUT2D eigenvalue weighted by atomic mass is 16.1. The molecule has 1 heterocycles. The molecule has 4 aliphatic rings.